The minimum absolute atomic E-state index is 0.396. The number of pyridine rings is 1. The monoisotopic (exact) mass is 207 g/mol. The van der Waals surface area contributed by atoms with Crippen LogP contribution in [0.3, 0.4) is 0 Å². The van der Waals surface area contributed by atoms with E-state index < -0.39 is 11.8 Å². The fourth-order valence-electron chi connectivity index (χ4n) is 0.969. The summed E-state index contributed by atoms with van der Waals surface area (Å²) < 4.78 is 12.5. The normalized spacial score (nSPS) is 12.0. The maximum Gasteiger partial charge on any atom is 0.328 e. The van der Waals surface area contributed by atoms with Gasteiger partial charge in [0.05, 0.1) is 11.9 Å². The highest BCUT2D eigenvalue weighted by Gasteiger charge is 1.96. The molecule has 1 aromatic heterocycles. The van der Waals surface area contributed by atoms with Crippen molar-refractivity contribution in [3.05, 3.63) is 48.1 Å². The van der Waals surface area contributed by atoms with Gasteiger partial charge in [0.2, 0.25) is 0 Å². The number of carboxylic acid groups (broad SMARTS) is 1. The smallest absolute Gasteiger partial charge is 0.328 e. The zero-order valence-corrected chi connectivity index (χ0v) is 8.14. The van der Waals surface area contributed by atoms with Crippen LogP contribution in [0.15, 0.2) is 36.6 Å². The summed E-state index contributed by atoms with van der Waals surface area (Å²) in [4.78, 5) is 14.0. The Bertz CT molecular complexity index is 407. The molecule has 0 atom stereocenters. The maximum absolute atomic E-state index is 12.5. The van der Waals surface area contributed by atoms with E-state index >= 15 is 0 Å². The van der Waals surface area contributed by atoms with Gasteiger partial charge >= 0.3 is 5.97 Å². The van der Waals surface area contributed by atoms with Crippen LogP contribution in [0.1, 0.15) is 12.6 Å². The number of hydrogen-bond donors (Lipinski definition) is 1. The van der Waals surface area contributed by atoms with Gasteiger partial charge in [0.15, 0.2) is 0 Å². The van der Waals surface area contributed by atoms with Crippen molar-refractivity contribution >= 4 is 11.5 Å². The Labute approximate surface area is 86.6 Å². The maximum atomic E-state index is 12.5. The van der Waals surface area contributed by atoms with Crippen LogP contribution in [0.5, 0.6) is 0 Å². The van der Waals surface area contributed by atoms with E-state index in [4.69, 9.17) is 5.11 Å². The van der Waals surface area contributed by atoms with Crippen LogP contribution in [0.2, 0.25) is 0 Å². The summed E-state index contributed by atoms with van der Waals surface area (Å²) >= 11 is 0. The molecule has 0 fully saturated rings. The summed E-state index contributed by atoms with van der Waals surface area (Å²) in [5.41, 5.74) is 1.39. The molecule has 1 heterocycles. The van der Waals surface area contributed by atoms with E-state index in [1.807, 2.05) is 0 Å². The van der Waals surface area contributed by atoms with E-state index in [1.54, 1.807) is 13.0 Å². The lowest BCUT2D eigenvalue weighted by Crippen LogP contribution is -1.87. The van der Waals surface area contributed by atoms with Crippen LogP contribution in [-0.2, 0) is 4.79 Å². The van der Waals surface area contributed by atoms with Crippen LogP contribution in [0, 0.1) is 5.82 Å². The molecule has 0 bridgehead atoms. The highest BCUT2D eigenvalue weighted by molar-refractivity contribution is 5.80. The van der Waals surface area contributed by atoms with Gasteiger partial charge in [-0.15, -0.1) is 0 Å². The number of aromatic nitrogens is 1. The van der Waals surface area contributed by atoms with E-state index in [0.29, 0.717) is 5.69 Å². The van der Waals surface area contributed by atoms with Crippen molar-refractivity contribution in [3.63, 3.8) is 0 Å². The average molecular weight is 207 g/mol. The zero-order chi connectivity index (χ0) is 11.3. The summed E-state index contributed by atoms with van der Waals surface area (Å²) in [5, 5.41) is 8.35. The first kappa shape index (κ1) is 11.1. The summed E-state index contributed by atoms with van der Waals surface area (Å²) in [6, 6.07) is 2.84. The molecule has 0 aromatic carbocycles. The molecule has 0 radical (unpaired) electrons. The van der Waals surface area contributed by atoms with Gasteiger partial charge in [-0.05, 0) is 24.6 Å². The first-order valence-corrected chi connectivity index (χ1v) is 4.29. The number of rotatable bonds is 3. The van der Waals surface area contributed by atoms with Gasteiger partial charge < -0.3 is 5.11 Å². The number of nitrogens with zero attached hydrogens (tertiary/aromatic N) is 1. The fourth-order valence-corrected chi connectivity index (χ4v) is 0.969. The van der Waals surface area contributed by atoms with E-state index in [9.17, 15) is 9.18 Å². The van der Waals surface area contributed by atoms with Crippen LogP contribution < -0.4 is 0 Å². The molecule has 0 spiro atoms. The largest absolute Gasteiger partial charge is 0.478 e. The van der Waals surface area contributed by atoms with Gasteiger partial charge in [0, 0.05) is 6.08 Å². The minimum Gasteiger partial charge on any atom is -0.478 e. The topological polar surface area (TPSA) is 50.2 Å². The van der Waals surface area contributed by atoms with Crippen LogP contribution in [0.25, 0.3) is 5.57 Å². The molecule has 4 heteroatoms. The first-order chi connectivity index (χ1) is 7.09. The van der Waals surface area contributed by atoms with Crippen molar-refractivity contribution in [1.29, 1.82) is 0 Å². The van der Waals surface area contributed by atoms with Gasteiger partial charge in [-0.3, -0.25) is 4.98 Å². The van der Waals surface area contributed by atoms with Crippen molar-refractivity contribution in [2.45, 2.75) is 6.92 Å². The molecular formula is C11H10FNO2. The lowest BCUT2D eigenvalue weighted by molar-refractivity contribution is -0.131. The Balaban J connectivity index is 2.80. The highest BCUT2D eigenvalue weighted by atomic mass is 19.1. The van der Waals surface area contributed by atoms with Crippen molar-refractivity contribution in [1.82, 2.24) is 4.98 Å². The number of allylic oxidation sites excluding steroid dienone is 3. The number of halogens is 1. The fraction of sp³-hybridized carbons (Fsp3) is 0.0909. The summed E-state index contributed by atoms with van der Waals surface area (Å²) in [6.07, 6.45) is 5.15. The Morgan fingerprint density at radius 1 is 1.53 bits per heavy atom. The standard InChI is InChI=1S/C11H10FNO2/c1-8(3-2-4-11(14)15)10-6-5-9(12)7-13-10/h2-7H,1H3,(H,14,15)/b4-2+,8-3-. The van der Waals surface area contributed by atoms with Crippen LogP contribution >= 0.6 is 0 Å². The van der Waals surface area contributed by atoms with Crippen LogP contribution in [0.4, 0.5) is 4.39 Å². The lowest BCUT2D eigenvalue weighted by atomic mass is 10.2. The molecule has 0 saturated heterocycles. The Morgan fingerprint density at radius 2 is 2.27 bits per heavy atom. The molecule has 0 saturated carbocycles. The third-order valence-electron chi connectivity index (χ3n) is 1.72. The second-order valence-corrected chi connectivity index (χ2v) is 2.91. The quantitative estimate of drug-likeness (QED) is 0.611. The first-order valence-electron chi connectivity index (χ1n) is 4.29. The third-order valence-corrected chi connectivity index (χ3v) is 1.72. The average Bonchev–Trinajstić information content (AvgIpc) is 2.18. The summed E-state index contributed by atoms with van der Waals surface area (Å²) in [6.45, 7) is 1.77. The number of carbonyl (C=O) groups is 1. The molecule has 1 aromatic rings. The molecule has 0 aliphatic heterocycles. The highest BCUT2D eigenvalue weighted by Crippen LogP contribution is 2.10. The van der Waals surface area contributed by atoms with Gasteiger partial charge in [0.25, 0.3) is 0 Å². The Morgan fingerprint density at radius 3 is 2.80 bits per heavy atom. The third kappa shape index (κ3) is 3.72. The molecule has 1 N–H and O–H groups in total. The Hall–Kier alpha value is -1.97. The lowest BCUT2D eigenvalue weighted by Gasteiger charge is -1.97. The van der Waals surface area contributed by atoms with Gasteiger partial charge in [0.1, 0.15) is 5.82 Å². The molecule has 1 rings (SSSR count). The Kier molecular flexibility index (Phi) is 3.74. The second kappa shape index (κ2) is 5.05. The van der Waals surface area contributed by atoms with Crippen molar-refractivity contribution in [2.75, 3.05) is 0 Å². The number of aliphatic carboxylic acids is 1. The second-order valence-electron chi connectivity index (χ2n) is 2.91. The van der Waals surface area contributed by atoms with Crippen molar-refractivity contribution in [3.8, 4) is 0 Å². The summed E-state index contributed by atoms with van der Waals surface area (Å²) in [7, 11) is 0. The molecule has 3 nitrogen and oxygen atoms in total. The predicted octanol–water partition coefficient (Wildman–Crippen LogP) is 2.26. The predicted molar refractivity (Wildman–Crippen MR) is 54.6 cm³/mol. The van der Waals surface area contributed by atoms with Crippen LogP contribution in [-0.4, -0.2) is 16.1 Å². The molecule has 0 aliphatic rings. The van der Waals surface area contributed by atoms with E-state index in [2.05, 4.69) is 4.98 Å². The number of carboxylic acids is 1. The minimum atomic E-state index is -1.01. The SMILES string of the molecule is C/C(=C/C=C/C(=O)O)c1ccc(F)cn1. The van der Waals surface area contributed by atoms with Gasteiger partial charge in [-0.2, -0.15) is 0 Å². The van der Waals surface area contributed by atoms with E-state index in [1.165, 1.54) is 18.2 Å². The zero-order valence-electron chi connectivity index (χ0n) is 8.14. The van der Waals surface area contributed by atoms with E-state index in [0.717, 1.165) is 17.8 Å². The van der Waals surface area contributed by atoms with Gasteiger partial charge in [-0.25, -0.2) is 9.18 Å². The van der Waals surface area contributed by atoms with Gasteiger partial charge in [-0.1, -0.05) is 12.2 Å². The number of hydrogen-bond acceptors (Lipinski definition) is 2. The molecule has 0 unspecified atom stereocenters. The van der Waals surface area contributed by atoms with Crippen molar-refractivity contribution < 1.29 is 14.3 Å². The molecule has 0 aliphatic carbocycles. The van der Waals surface area contributed by atoms with E-state index in [-0.39, 0.29) is 0 Å². The summed E-state index contributed by atoms with van der Waals surface area (Å²) in [5.74, 6) is -1.40. The molecule has 78 valence electrons. The van der Waals surface area contributed by atoms with Crippen molar-refractivity contribution in [2.24, 2.45) is 0 Å². The molecular weight excluding hydrogens is 197 g/mol. The molecule has 15 heavy (non-hydrogen) atoms. The molecule has 0 amide bonds.